The minimum Gasteiger partial charge on any atom is -0.389 e. The molecule has 2 aliphatic carbocycles. The van der Waals surface area contributed by atoms with Crippen LogP contribution in [0.15, 0.2) is 24.3 Å². The van der Waals surface area contributed by atoms with Crippen molar-refractivity contribution in [3.63, 3.8) is 0 Å². The van der Waals surface area contributed by atoms with Gasteiger partial charge in [0.25, 0.3) is 0 Å². The Bertz CT molecular complexity index is 707. The van der Waals surface area contributed by atoms with Crippen LogP contribution in [0.2, 0.25) is 0 Å². The van der Waals surface area contributed by atoms with Crippen LogP contribution >= 0.6 is 0 Å². The second-order valence-electron chi connectivity index (χ2n) is 9.82. The molecule has 160 valence electrons. The van der Waals surface area contributed by atoms with E-state index in [-0.39, 0.29) is 11.4 Å². The predicted octanol–water partition coefficient (Wildman–Crippen LogP) is 4.15. The van der Waals surface area contributed by atoms with E-state index in [9.17, 15) is 9.90 Å². The first kappa shape index (κ1) is 20.9. The smallest absolute Gasteiger partial charge is 0.237 e. The molecule has 0 spiro atoms. The Hall–Kier alpha value is -1.39. The number of nitrogens with zero attached hydrogens (tertiary/aromatic N) is 1. The molecule has 29 heavy (non-hydrogen) atoms. The normalized spacial score (nSPS) is 27.4. The monoisotopic (exact) mass is 398 g/mol. The molecule has 1 amide bonds. The van der Waals surface area contributed by atoms with E-state index in [1.807, 2.05) is 0 Å². The third-order valence-corrected chi connectivity index (χ3v) is 7.94. The molecule has 1 heterocycles. The molecule has 2 saturated carbocycles. The summed E-state index contributed by atoms with van der Waals surface area (Å²) >= 11 is 0. The molecule has 1 aliphatic heterocycles. The maximum absolute atomic E-state index is 13.4. The molecule has 0 radical (unpaired) electrons. The van der Waals surface area contributed by atoms with E-state index < -0.39 is 5.60 Å². The van der Waals surface area contributed by atoms with E-state index in [0.717, 1.165) is 38.6 Å². The van der Waals surface area contributed by atoms with Crippen LogP contribution in [0.1, 0.15) is 82.3 Å². The van der Waals surface area contributed by atoms with Crippen LogP contribution < -0.4 is 5.32 Å². The van der Waals surface area contributed by atoms with Crippen molar-refractivity contribution in [3.8, 4) is 0 Å². The molecule has 4 heteroatoms. The second-order valence-corrected chi connectivity index (χ2v) is 9.82. The number of aliphatic hydroxyl groups is 1. The molecule has 0 bridgehead atoms. The molecule has 1 aromatic carbocycles. The number of rotatable bonds is 5. The molecular formula is C25H38N2O2. The highest BCUT2D eigenvalue weighted by atomic mass is 16.3. The predicted molar refractivity (Wildman–Crippen MR) is 117 cm³/mol. The minimum absolute atomic E-state index is 0.187. The zero-order valence-corrected chi connectivity index (χ0v) is 18.1. The lowest BCUT2D eigenvalue weighted by Crippen LogP contribution is -2.58. The van der Waals surface area contributed by atoms with Gasteiger partial charge in [0.1, 0.15) is 0 Å². The summed E-state index contributed by atoms with van der Waals surface area (Å²) in [5.41, 5.74) is 1.93. The number of benzene rings is 1. The topological polar surface area (TPSA) is 52.6 Å². The molecule has 0 aromatic heterocycles. The van der Waals surface area contributed by atoms with E-state index in [0.29, 0.717) is 19.0 Å². The lowest BCUT2D eigenvalue weighted by Gasteiger charge is -2.52. The number of carbonyl (C=O) groups excluding carboxylic acids is 1. The summed E-state index contributed by atoms with van der Waals surface area (Å²) < 4.78 is 0. The average molecular weight is 399 g/mol. The van der Waals surface area contributed by atoms with Crippen molar-refractivity contribution in [2.24, 2.45) is 5.92 Å². The highest BCUT2D eigenvalue weighted by Crippen LogP contribution is 2.46. The largest absolute Gasteiger partial charge is 0.389 e. The van der Waals surface area contributed by atoms with Gasteiger partial charge < -0.3 is 15.3 Å². The number of nitrogens with one attached hydrogen (secondary N) is 1. The Labute approximate surface area is 176 Å². The van der Waals surface area contributed by atoms with Gasteiger partial charge in [-0.3, -0.25) is 4.79 Å². The van der Waals surface area contributed by atoms with Gasteiger partial charge in [-0.2, -0.15) is 0 Å². The molecule has 3 aliphatic rings. The quantitative estimate of drug-likeness (QED) is 0.783. The van der Waals surface area contributed by atoms with Gasteiger partial charge in [0.05, 0.1) is 17.7 Å². The van der Waals surface area contributed by atoms with Crippen LogP contribution in [-0.2, 0) is 16.8 Å². The van der Waals surface area contributed by atoms with Crippen LogP contribution in [0.4, 0.5) is 0 Å². The zero-order valence-electron chi connectivity index (χ0n) is 18.1. The summed E-state index contributed by atoms with van der Waals surface area (Å²) in [6.45, 7) is 3.97. The summed E-state index contributed by atoms with van der Waals surface area (Å²) in [6.07, 6.45) is 12.3. The van der Waals surface area contributed by atoms with Crippen molar-refractivity contribution >= 4 is 5.91 Å². The van der Waals surface area contributed by atoms with E-state index >= 15 is 0 Å². The third kappa shape index (κ3) is 4.25. The fourth-order valence-electron chi connectivity index (χ4n) is 6.21. The zero-order chi connectivity index (χ0) is 20.3. The van der Waals surface area contributed by atoms with Gasteiger partial charge in [0, 0.05) is 13.1 Å². The van der Waals surface area contributed by atoms with Gasteiger partial charge in [0.2, 0.25) is 5.91 Å². The first-order chi connectivity index (χ1) is 14.0. The van der Waals surface area contributed by atoms with Gasteiger partial charge in [0.15, 0.2) is 0 Å². The molecule has 4 rings (SSSR count). The van der Waals surface area contributed by atoms with Crippen molar-refractivity contribution in [3.05, 3.63) is 35.4 Å². The van der Waals surface area contributed by atoms with Crippen LogP contribution in [0.5, 0.6) is 0 Å². The van der Waals surface area contributed by atoms with Crippen LogP contribution in [-0.4, -0.2) is 41.1 Å². The van der Waals surface area contributed by atoms with Crippen molar-refractivity contribution in [1.29, 1.82) is 0 Å². The van der Waals surface area contributed by atoms with Crippen LogP contribution in [0.3, 0.4) is 0 Å². The SMILES string of the molecule is CC1(C2CCCCC2)c2ccccc2CCN1C(=O)CNCC1(O)CCCCC1. The van der Waals surface area contributed by atoms with E-state index in [2.05, 4.69) is 41.4 Å². The van der Waals surface area contributed by atoms with E-state index in [1.54, 1.807) is 0 Å². The lowest BCUT2D eigenvalue weighted by molar-refractivity contribution is -0.141. The van der Waals surface area contributed by atoms with Gasteiger partial charge in [-0.1, -0.05) is 62.8 Å². The number of carbonyl (C=O) groups is 1. The Morgan fingerprint density at radius 2 is 1.79 bits per heavy atom. The van der Waals surface area contributed by atoms with Crippen LogP contribution in [0.25, 0.3) is 0 Å². The number of fused-ring (bicyclic) bond motifs is 1. The first-order valence-corrected chi connectivity index (χ1v) is 11.8. The summed E-state index contributed by atoms with van der Waals surface area (Å²) in [5.74, 6) is 0.719. The minimum atomic E-state index is -0.625. The maximum atomic E-state index is 13.4. The second kappa shape index (κ2) is 8.77. The fourth-order valence-corrected chi connectivity index (χ4v) is 6.21. The summed E-state index contributed by atoms with van der Waals surface area (Å²) in [5, 5.41) is 14.1. The number of hydrogen-bond acceptors (Lipinski definition) is 3. The Morgan fingerprint density at radius 3 is 2.55 bits per heavy atom. The van der Waals surface area contributed by atoms with Gasteiger partial charge in [-0.05, 0) is 56.1 Å². The highest BCUT2D eigenvalue weighted by Gasteiger charge is 2.46. The van der Waals surface area contributed by atoms with Gasteiger partial charge >= 0.3 is 0 Å². The molecule has 1 atom stereocenters. The summed E-state index contributed by atoms with van der Waals surface area (Å²) in [4.78, 5) is 15.6. The Balaban J connectivity index is 1.49. The molecule has 2 N–H and O–H groups in total. The van der Waals surface area contributed by atoms with Crippen molar-refractivity contribution < 1.29 is 9.90 Å². The van der Waals surface area contributed by atoms with Gasteiger partial charge in [-0.15, -0.1) is 0 Å². The Kier molecular flexibility index (Phi) is 6.31. The van der Waals surface area contributed by atoms with Crippen molar-refractivity contribution in [2.45, 2.75) is 88.7 Å². The molecule has 2 fully saturated rings. The Morgan fingerprint density at radius 1 is 1.10 bits per heavy atom. The van der Waals surface area contributed by atoms with Crippen molar-refractivity contribution in [1.82, 2.24) is 10.2 Å². The van der Waals surface area contributed by atoms with Gasteiger partial charge in [-0.25, -0.2) is 0 Å². The fraction of sp³-hybridized carbons (Fsp3) is 0.720. The number of hydrogen-bond donors (Lipinski definition) is 2. The first-order valence-electron chi connectivity index (χ1n) is 11.8. The highest BCUT2D eigenvalue weighted by molar-refractivity contribution is 5.80. The standard InChI is InChI=1S/C25H38N2O2/c1-24(21-11-4-2-5-12-21)22-13-7-6-10-20(22)14-17-27(24)23(28)18-26-19-25(29)15-8-3-9-16-25/h6-7,10,13,21,26,29H,2-5,8-9,11-12,14-19H2,1H3. The third-order valence-electron chi connectivity index (χ3n) is 7.94. The maximum Gasteiger partial charge on any atom is 0.237 e. The van der Waals surface area contributed by atoms with Crippen molar-refractivity contribution in [2.75, 3.05) is 19.6 Å². The molecule has 1 unspecified atom stereocenters. The lowest BCUT2D eigenvalue weighted by atomic mass is 9.68. The van der Waals surface area contributed by atoms with Crippen LogP contribution in [0, 0.1) is 5.92 Å². The van der Waals surface area contributed by atoms with E-state index in [1.165, 1.54) is 49.7 Å². The van der Waals surface area contributed by atoms with E-state index in [4.69, 9.17) is 0 Å². The number of amides is 1. The average Bonchev–Trinajstić information content (AvgIpc) is 2.75. The summed E-state index contributed by atoms with van der Waals surface area (Å²) in [7, 11) is 0. The summed E-state index contributed by atoms with van der Waals surface area (Å²) in [6, 6.07) is 8.76. The molecular weight excluding hydrogens is 360 g/mol. The molecule has 0 saturated heterocycles. The molecule has 4 nitrogen and oxygen atoms in total. The molecule has 1 aromatic rings.